The second-order valence-electron chi connectivity index (χ2n) is 6.32. The number of aromatic nitrogens is 3. The van der Waals surface area contributed by atoms with Crippen LogP contribution in [0.3, 0.4) is 0 Å². The molecule has 0 fully saturated rings. The molecule has 0 aliphatic rings. The molecule has 6 nitrogen and oxygen atoms in total. The molecular weight excluding hydrogens is 356 g/mol. The van der Waals surface area contributed by atoms with Gasteiger partial charge in [-0.1, -0.05) is 61.9 Å². The van der Waals surface area contributed by atoms with Crippen molar-refractivity contribution in [3.8, 4) is 0 Å². The Morgan fingerprint density at radius 1 is 1.24 bits per heavy atom. The van der Waals surface area contributed by atoms with E-state index >= 15 is 0 Å². The largest absolute Gasteiger partial charge is 0.260 e. The van der Waals surface area contributed by atoms with Crippen LogP contribution in [0.15, 0.2) is 29.3 Å². The van der Waals surface area contributed by atoms with Crippen molar-refractivity contribution in [3.05, 3.63) is 46.1 Å². The summed E-state index contributed by atoms with van der Waals surface area (Å²) in [7, 11) is -3.71. The molecule has 1 N–H and O–H groups in total. The van der Waals surface area contributed by atoms with Gasteiger partial charge in [0, 0.05) is 12.5 Å². The first kappa shape index (κ1) is 18.0. The Morgan fingerprint density at radius 3 is 2.52 bits per heavy atom. The number of nitrogens with one attached hydrogen (secondary N) is 1. The number of hydrogen-bond donors (Lipinski definition) is 1. The molecule has 2 aromatic heterocycles. The first-order valence-electron chi connectivity index (χ1n) is 8.25. The van der Waals surface area contributed by atoms with Crippen LogP contribution in [0.5, 0.6) is 0 Å². The highest BCUT2D eigenvalue weighted by Gasteiger charge is 2.27. The Balaban J connectivity index is 1.96. The quantitative estimate of drug-likeness (QED) is 0.714. The lowest BCUT2D eigenvalue weighted by molar-refractivity contribution is 0.571. The summed E-state index contributed by atoms with van der Waals surface area (Å²) in [5.41, 5.74) is 2.60. The molecule has 0 radical (unpaired) electrons. The van der Waals surface area contributed by atoms with E-state index in [1.54, 1.807) is 0 Å². The van der Waals surface area contributed by atoms with E-state index in [4.69, 9.17) is 0 Å². The number of fused-ring (bicyclic) bond motifs is 1. The Kier molecular flexibility index (Phi) is 4.95. The van der Waals surface area contributed by atoms with E-state index in [0.29, 0.717) is 17.1 Å². The number of benzene rings is 1. The number of imidazole rings is 1. The Labute approximate surface area is 152 Å². The number of aryl methyl sites for hydroxylation is 2. The van der Waals surface area contributed by atoms with Gasteiger partial charge in [0.1, 0.15) is 5.01 Å². The fourth-order valence-electron chi connectivity index (χ4n) is 2.47. The Morgan fingerprint density at radius 2 is 1.92 bits per heavy atom. The van der Waals surface area contributed by atoms with Crippen LogP contribution in [-0.4, -0.2) is 23.0 Å². The summed E-state index contributed by atoms with van der Waals surface area (Å²) in [6.45, 7) is 8.19. The highest BCUT2D eigenvalue weighted by atomic mass is 32.2. The Bertz CT molecular complexity index is 986. The van der Waals surface area contributed by atoms with E-state index in [9.17, 15) is 8.42 Å². The fraction of sp³-hybridized carbons (Fsp3) is 0.412. The third kappa shape index (κ3) is 3.61. The van der Waals surface area contributed by atoms with Crippen molar-refractivity contribution in [3.63, 3.8) is 0 Å². The minimum absolute atomic E-state index is 0.153. The van der Waals surface area contributed by atoms with Gasteiger partial charge in [0.15, 0.2) is 5.03 Å². The molecule has 0 saturated heterocycles. The lowest BCUT2D eigenvalue weighted by Crippen LogP contribution is -2.25. The summed E-state index contributed by atoms with van der Waals surface area (Å²) in [5.74, 6) is 0.229. The SMILES string of the molecule is CCc1nc2sc(C(C)C)nn2c1S(=O)(=O)NCc1ccc(C)cc1. The summed E-state index contributed by atoms with van der Waals surface area (Å²) in [5, 5.41) is 5.50. The lowest BCUT2D eigenvalue weighted by Gasteiger charge is -2.07. The van der Waals surface area contributed by atoms with Gasteiger partial charge in [-0.05, 0) is 18.9 Å². The zero-order valence-corrected chi connectivity index (χ0v) is 16.4. The van der Waals surface area contributed by atoms with Crippen molar-refractivity contribution in [1.82, 2.24) is 19.3 Å². The van der Waals surface area contributed by atoms with Crippen molar-refractivity contribution < 1.29 is 8.42 Å². The average molecular weight is 379 g/mol. The zero-order chi connectivity index (χ0) is 18.2. The van der Waals surface area contributed by atoms with Gasteiger partial charge in [0.2, 0.25) is 4.96 Å². The first-order valence-corrected chi connectivity index (χ1v) is 10.6. The average Bonchev–Trinajstić information content (AvgIpc) is 3.11. The molecule has 3 aromatic rings. The second kappa shape index (κ2) is 6.86. The van der Waals surface area contributed by atoms with Crippen molar-refractivity contribution in [1.29, 1.82) is 0 Å². The van der Waals surface area contributed by atoms with Gasteiger partial charge in [0.25, 0.3) is 10.0 Å². The zero-order valence-electron chi connectivity index (χ0n) is 14.8. The van der Waals surface area contributed by atoms with Crippen molar-refractivity contribution in [2.45, 2.75) is 51.6 Å². The number of rotatable bonds is 6. The van der Waals surface area contributed by atoms with Crippen molar-refractivity contribution in [2.24, 2.45) is 0 Å². The minimum Gasteiger partial charge on any atom is -0.221 e. The van der Waals surface area contributed by atoms with E-state index in [1.807, 2.05) is 52.0 Å². The van der Waals surface area contributed by atoms with E-state index in [-0.39, 0.29) is 17.5 Å². The summed E-state index contributed by atoms with van der Waals surface area (Å²) in [4.78, 5) is 5.09. The molecule has 0 saturated carbocycles. The van der Waals surface area contributed by atoms with Crippen LogP contribution in [0.2, 0.25) is 0 Å². The Hall–Kier alpha value is -1.77. The van der Waals surface area contributed by atoms with Gasteiger partial charge >= 0.3 is 0 Å². The highest BCUT2D eigenvalue weighted by Crippen LogP contribution is 2.26. The third-order valence-electron chi connectivity index (χ3n) is 3.92. The predicted molar refractivity (Wildman–Crippen MR) is 99.5 cm³/mol. The molecule has 8 heteroatoms. The lowest BCUT2D eigenvalue weighted by atomic mass is 10.2. The molecule has 3 rings (SSSR count). The van der Waals surface area contributed by atoms with Crippen LogP contribution in [0.1, 0.15) is 48.5 Å². The summed E-state index contributed by atoms with van der Waals surface area (Å²) in [6, 6.07) is 7.77. The smallest absolute Gasteiger partial charge is 0.221 e. The van der Waals surface area contributed by atoms with Crippen molar-refractivity contribution >= 4 is 26.3 Å². The summed E-state index contributed by atoms with van der Waals surface area (Å²) in [6.07, 6.45) is 0.536. The van der Waals surface area contributed by atoms with Crippen LogP contribution in [0.25, 0.3) is 4.96 Å². The van der Waals surface area contributed by atoms with E-state index < -0.39 is 10.0 Å². The molecule has 134 valence electrons. The van der Waals surface area contributed by atoms with Gasteiger partial charge in [-0.2, -0.15) is 9.61 Å². The van der Waals surface area contributed by atoms with Gasteiger partial charge in [-0.15, -0.1) is 0 Å². The van der Waals surface area contributed by atoms with Gasteiger partial charge in [-0.3, -0.25) is 0 Å². The molecule has 0 aliphatic carbocycles. The van der Waals surface area contributed by atoms with Gasteiger partial charge < -0.3 is 0 Å². The van der Waals surface area contributed by atoms with Crippen molar-refractivity contribution in [2.75, 3.05) is 0 Å². The topological polar surface area (TPSA) is 76.4 Å². The fourth-order valence-corrected chi connectivity index (χ4v) is 4.80. The third-order valence-corrected chi connectivity index (χ3v) is 6.57. The number of nitrogens with zero attached hydrogens (tertiary/aromatic N) is 3. The first-order chi connectivity index (χ1) is 11.8. The standard InChI is InChI=1S/C17H22N4O2S2/c1-5-14-16(21-17(19-14)24-15(20-21)11(2)3)25(22,23)18-10-13-8-6-12(4)7-9-13/h6-9,11,18H,5,10H2,1-4H3. The van der Waals surface area contributed by atoms with Crippen LogP contribution >= 0.6 is 11.3 Å². The molecular formula is C17H22N4O2S2. The molecule has 0 spiro atoms. The van der Waals surface area contributed by atoms with Crippen LogP contribution in [-0.2, 0) is 23.0 Å². The monoisotopic (exact) mass is 378 g/mol. The van der Waals surface area contributed by atoms with Crippen LogP contribution in [0.4, 0.5) is 0 Å². The van der Waals surface area contributed by atoms with Crippen LogP contribution in [0, 0.1) is 6.92 Å². The van der Waals surface area contributed by atoms with Gasteiger partial charge in [0.05, 0.1) is 5.69 Å². The molecule has 0 aliphatic heterocycles. The molecule has 0 bridgehead atoms. The summed E-state index contributed by atoms with van der Waals surface area (Å²) >= 11 is 1.44. The minimum atomic E-state index is -3.71. The number of hydrogen-bond acceptors (Lipinski definition) is 5. The maximum atomic E-state index is 12.9. The molecule has 1 aromatic carbocycles. The number of sulfonamides is 1. The molecule has 0 unspecified atom stereocenters. The van der Waals surface area contributed by atoms with E-state index in [0.717, 1.165) is 16.1 Å². The van der Waals surface area contributed by atoms with Crippen LogP contribution < -0.4 is 4.72 Å². The maximum absolute atomic E-state index is 12.9. The summed E-state index contributed by atoms with van der Waals surface area (Å²) < 4.78 is 29.9. The molecule has 0 atom stereocenters. The molecule has 0 amide bonds. The predicted octanol–water partition coefficient (Wildman–Crippen LogP) is 3.26. The maximum Gasteiger partial charge on any atom is 0.260 e. The van der Waals surface area contributed by atoms with E-state index in [2.05, 4.69) is 14.8 Å². The van der Waals surface area contributed by atoms with E-state index in [1.165, 1.54) is 15.9 Å². The second-order valence-corrected chi connectivity index (χ2v) is 8.99. The normalized spacial score (nSPS) is 12.4. The highest BCUT2D eigenvalue weighted by molar-refractivity contribution is 7.89. The molecule has 25 heavy (non-hydrogen) atoms. The molecule has 2 heterocycles. The van der Waals surface area contributed by atoms with Gasteiger partial charge in [-0.25, -0.2) is 18.1 Å².